The Kier molecular flexibility index (Phi) is 5.91. The number of rotatable bonds is 5. The standard InChI is InChI=1S/C22H34N2O2/c1-22(2,3)21(25)23(4)16-18-8-12-24(13-9-18)11-7-17-5-6-20-19(15-17)10-14-26-20/h5-6,15,18H,7-14,16H2,1-4H3. The fraction of sp³-hybridized carbons (Fsp3) is 0.682. The first-order valence-corrected chi connectivity index (χ1v) is 10.1. The van der Waals surface area contributed by atoms with Crippen molar-refractivity contribution in [2.45, 2.75) is 46.5 Å². The number of hydrogen-bond acceptors (Lipinski definition) is 3. The summed E-state index contributed by atoms with van der Waals surface area (Å²) >= 11 is 0. The molecule has 0 unspecified atom stereocenters. The third-order valence-electron chi connectivity index (χ3n) is 5.70. The summed E-state index contributed by atoms with van der Waals surface area (Å²) in [6.45, 7) is 11.2. The molecule has 2 heterocycles. The molecule has 0 bridgehead atoms. The fourth-order valence-corrected chi connectivity index (χ4v) is 4.12. The molecule has 2 aliphatic heterocycles. The van der Waals surface area contributed by atoms with Gasteiger partial charge in [0.25, 0.3) is 0 Å². The van der Waals surface area contributed by atoms with Crippen molar-refractivity contribution in [3.63, 3.8) is 0 Å². The average Bonchev–Trinajstić information content (AvgIpc) is 3.07. The number of ether oxygens (including phenoxy) is 1. The summed E-state index contributed by atoms with van der Waals surface area (Å²) in [5.41, 5.74) is 2.51. The van der Waals surface area contributed by atoms with Gasteiger partial charge in [-0.3, -0.25) is 4.79 Å². The summed E-state index contributed by atoms with van der Waals surface area (Å²) in [6, 6.07) is 6.66. The second-order valence-electron chi connectivity index (χ2n) is 9.01. The van der Waals surface area contributed by atoms with Gasteiger partial charge in [0, 0.05) is 32.0 Å². The predicted molar refractivity (Wildman–Crippen MR) is 106 cm³/mol. The Morgan fingerprint density at radius 2 is 2.00 bits per heavy atom. The molecule has 0 aliphatic carbocycles. The SMILES string of the molecule is CN(CC1CCN(CCc2ccc3c(c2)CCO3)CC1)C(=O)C(C)(C)C. The summed E-state index contributed by atoms with van der Waals surface area (Å²) in [7, 11) is 1.96. The lowest BCUT2D eigenvalue weighted by molar-refractivity contribution is -0.138. The molecule has 0 atom stereocenters. The first kappa shape index (κ1) is 19.2. The topological polar surface area (TPSA) is 32.8 Å². The predicted octanol–water partition coefficient (Wildman–Crippen LogP) is 3.38. The molecule has 0 N–H and O–H groups in total. The number of piperidine rings is 1. The van der Waals surface area contributed by atoms with E-state index in [1.165, 1.54) is 24.0 Å². The molecule has 1 fully saturated rings. The minimum atomic E-state index is -0.281. The number of amides is 1. The number of nitrogens with zero attached hydrogens (tertiary/aromatic N) is 2. The van der Waals surface area contributed by atoms with Crippen LogP contribution in [0.3, 0.4) is 0 Å². The molecule has 3 rings (SSSR count). The Hall–Kier alpha value is -1.55. The van der Waals surface area contributed by atoms with Crippen LogP contribution in [0.15, 0.2) is 18.2 Å². The molecule has 26 heavy (non-hydrogen) atoms. The molecule has 1 aromatic rings. The van der Waals surface area contributed by atoms with Crippen molar-refractivity contribution in [1.29, 1.82) is 0 Å². The monoisotopic (exact) mass is 358 g/mol. The second-order valence-corrected chi connectivity index (χ2v) is 9.01. The number of likely N-dealkylation sites (tertiary alicyclic amines) is 1. The van der Waals surface area contributed by atoms with E-state index in [1.807, 2.05) is 32.7 Å². The Balaban J connectivity index is 1.41. The van der Waals surface area contributed by atoms with Gasteiger partial charge in [0.15, 0.2) is 0 Å². The highest BCUT2D eigenvalue weighted by Crippen LogP contribution is 2.26. The molecule has 2 aliphatic rings. The summed E-state index contributed by atoms with van der Waals surface area (Å²) in [5, 5.41) is 0. The van der Waals surface area contributed by atoms with Gasteiger partial charge in [0.05, 0.1) is 6.61 Å². The van der Waals surface area contributed by atoms with Crippen molar-refractivity contribution >= 4 is 5.91 Å². The molecule has 0 radical (unpaired) electrons. The third kappa shape index (κ3) is 4.79. The molecule has 1 saturated heterocycles. The number of benzene rings is 1. The Labute approximate surface area is 158 Å². The molecule has 1 amide bonds. The maximum absolute atomic E-state index is 12.3. The summed E-state index contributed by atoms with van der Waals surface area (Å²) in [6.07, 6.45) is 4.55. The van der Waals surface area contributed by atoms with Gasteiger partial charge >= 0.3 is 0 Å². The van der Waals surface area contributed by atoms with Crippen LogP contribution in [0.5, 0.6) is 5.75 Å². The van der Waals surface area contributed by atoms with Gasteiger partial charge in [-0.05, 0) is 55.5 Å². The largest absolute Gasteiger partial charge is 0.493 e. The van der Waals surface area contributed by atoms with Gasteiger partial charge in [-0.25, -0.2) is 0 Å². The maximum Gasteiger partial charge on any atom is 0.227 e. The lowest BCUT2D eigenvalue weighted by atomic mass is 9.92. The van der Waals surface area contributed by atoms with Crippen molar-refractivity contribution in [2.24, 2.45) is 11.3 Å². The van der Waals surface area contributed by atoms with E-state index in [1.54, 1.807) is 0 Å². The Morgan fingerprint density at radius 1 is 1.27 bits per heavy atom. The molecule has 0 spiro atoms. The van der Waals surface area contributed by atoms with E-state index in [2.05, 4.69) is 23.1 Å². The summed E-state index contributed by atoms with van der Waals surface area (Å²) in [4.78, 5) is 16.9. The van der Waals surface area contributed by atoms with Crippen LogP contribution in [0.1, 0.15) is 44.7 Å². The quantitative estimate of drug-likeness (QED) is 0.809. The molecule has 0 saturated carbocycles. The van der Waals surface area contributed by atoms with Gasteiger partial charge in [0.1, 0.15) is 5.75 Å². The normalized spacial score (nSPS) is 18.5. The van der Waals surface area contributed by atoms with Crippen molar-refractivity contribution in [2.75, 3.05) is 39.8 Å². The minimum absolute atomic E-state index is 0.250. The van der Waals surface area contributed by atoms with Crippen LogP contribution in [0.25, 0.3) is 0 Å². The zero-order valence-electron chi connectivity index (χ0n) is 16.9. The highest BCUT2D eigenvalue weighted by atomic mass is 16.5. The van der Waals surface area contributed by atoms with Crippen LogP contribution in [0, 0.1) is 11.3 Å². The van der Waals surface area contributed by atoms with E-state index >= 15 is 0 Å². The van der Waals surface area contributed by atoms with Gasteiger partial charge in [0.2, 0.25) is 5.91 Å². The smallest absolute Gasteiger partial charge is 0.227 e. The Bertz CT molecular complexity index is 628. The van der Waals surface area contributed by atoms with Crippen LogP contribution >= 0.6 is 0 Å². The van der Waals surface area contributed by atoms with Crippen LogP contribution in [-0.4, -0.2) is 55.5 Å². The van der Waals surface area contributed by atoms with Gasteiger partial charge in [-0.1, -0.05) is 32.9 Å². The molecular formula is C22H34N2O2. The minimum Gasteiger partial charge on any atom is -0.493 e. The number of fused-ring (bicyclic) bond motifs is 1. The summed E-state index contributed by atoms with van der Waals surface area (Å²) in [5.74, 6) is 1.96. The zero-order chi connectivity index (χ0) is 18.7. The van der Waals surface area contributed by atoms with Gasteiger partial charge in [-0.2, -0.15) is 0 Å². The van der Waals surface area contributed by atoms with E-state index in [-0.39, 0.29) is 11.3 Å². The van der Waals surface area contributed by atoms with Crippen molar-refractivity contribution in [3.05, 3.63) is 29.3 Å². The van der Waals surface area contributed by atoms with E-state index in [0.717, 1.165) is 51.4 Å². The van der Waals surface area contributed by atoms with E-state index in [9.17, 15) is 4.79 Å². The van der Waals surface area contributed by atoms with E-state index in [0.29, 0.717) is 5.92 Å². The van der Waals surface area contributed by atoms with Crippen LogP contribution < -0.4 is 4.74 Å². The molecular weight excluding hydrogens is 324 g/mol. The molecule has 0 aromatic heterocycles. The van der Waals surface area contributed by atoms with Crippen molar-refractivity contribution in [3.8, 4) is 5.75 Å². The first-order valence-electron chi connectivity index (χ1n) is 10.1. The average molecular weight is 359 g/mol. The van der Waals surface area contributed by atoms with Crippen molar-refractivity contribution in [1.82, 2.24) is 9.80 Å². The molecule has 1 aromatic carbocycles. The maximum atomic E-state index is 12.3. The number of carbonyl (C=O) groups is 1. The highest BCUT2D eigenvalue weighted by molar-refractivity contribution is 5.81. The van der Waals surface area contributed by atoms with Crippen LogP contribution in [-0.2, 0) is 17.6 Å². The van der Waals surface area contributed by atoms with Crippen LogP contribution in [0.4, 0.5) is 0 Å². The van der Waals surface area contributed by atoms with E-state index < -0.39 is 0 Å². The van der Waals surface area contributed by atoms with Crippen molar-refractivity contribution < 1.29 is 9.53 Å². The molecule has 144 valence electrons. The fourth-order valence-electron chi connectivity index (χ4n) is 4.12. The van der Waals surface area contributed by atoms with Gasteiger partial charge in [-0.15, -0.1) is 0 Å². The van der Waals surface area contributed by atoms with E-state index in [4.69, 9.17) is 4.74 Å². The zero-order valence-corrected chi connectivity index (χ0v) is 16.9. The molecule has 4 heteroatoms. The number of carbonyl (C=O) groups excluding carboxylic acids is 1. The van der Waals surface area contributed by atoms with Gasteiger partial charge < -0.3 is 14.5 Å². The Morgan fingerprint density at radius 3 is 2.69 bits per heavy atom. The lowest BCUT2D eigenvalue weighted by Gasteiger charge is -2.35. The summed E-state index contributed by atoms with van der Waals surface area (Å²) < 4.78 is 5.59. The number of hydrogen-bond donors (Lipinski definition) is 0. The molecule has 4 nitrogen and oxygen atoms in total. The first-order chi connectivity index (χ1) is 12.3. The highest BCUT2D eigenvalue weighted by Gasteiger charge is 2.28. The lowest BCUT2D eigenvalue weighted by Crippen LogP contribution is -2.43. The third-order valence-corrected chi connectivity index (χ3v) is 5.70. The second kappa shape index (κ2) is 7.99. The van der Waals surface area contributed by atoms with Crippen LogP contribution in [0.2, 0.25) is 0 Å².